The number of hydrogen-bond acceptors (Lipinski definition) is 3. The molecular formula is C10H13BF2O3. The highest BCUT2D eigenvalue weighted by Crippen LogP contribution is 2.22. The van der Waals surface area contributed by atoms with Gasteiger partial charge >= 0.3 is 7.12 Å². The van der Waals surface area contributed by atoms with Gasteiger partial charge in [-0.05, 0) is 6.42 Å². The fraction of sp³-hybridized carbons (Fsp3) is 0.400. The Balaban J connectivity index is 3.11. The maximum Gasteiger partial charge on any atom is 0.491 e. The van der Waals surface area contributed by atoms with Crippen LogP contribution in [0.15, 0.2) is 12.1 Å². The van der Waals surface area contributed by atoms with Crippen LogP contribution in [0.3, 0.4) is 0 Å². The number of aliphatic hydroxyl groups is 1. The third-order valence-electron chi connectivity index (χ3n) is 2.34. The molecule has 16 heavy (non-hydrogen) atoms. The molecule has 1 atom stereocenters. The number of aliphatic hydroxyl groups excluding tert-OH is 1. The van der Waals surface area contributed by atoms with Gasteiger partial charge in [-0.2, -0.15) is 0 Å². The molecule has 1 unspecified atom stereocenters. The average Bonchev–Trinajstić information content (AvgIpc) is 2.21. The minimum absolute atomic E-state index is 0.163. The standard InChI is InChI=1S/C10H13BF2O3/c1-2-3-8(14)6-4-5-7(11(15)16)10(13)9(6)12/h4-5,8,14-16H,2-3H2,1H3. The Bertz CT molecular complexity index is 371. The first kappa shape index (κ1) is 13.1. The lowest BCUT2D eigenvalue weighted by molar-refractivity contribution is 0.160. The van der Waals surface area contributed by atoms with E-state index in [1.807, 2.05) is 6.92 Å². The van der Waals surface area contributed by atoms with E-state index in [9.17, 15) is 13.9 Å². The van der Waals surface area contributed by atoms with E-state index in [0.29, 0.717) is 12.8 Å². The predicted octanol–water partition coefficient (Wildman–Crippen LogP) is 0.478. The van der Waals surface area contributed by atoms with Crippen molar-refractivity contribution < 1.29 is 23.9 Å². The van der Waals surface area contributed by atoms with Crippen LogP contribution in [0.2, 0.25) is 0 Å². The normalized spacial score (nSPS) is 12.6. The highest BCUT2D eigenvalue weighted by atomic mass is 19.2. The van der Waals surface area contributed by atoms with Crippen LogP contribution in [0.25, 0.3) is 0 Å². The monoisotopic (exact) mass is 230 g/mol. The molecule has 0 aliphatic carbocycles. The van der Waals surface area contributed by atoms with Gasteiger partial charge in [-0.3, -0.25) is 0 Å². The molecule has 0 bridgehead atoms. The minimum Gasteiger partial charge on any atom is -0.423 e. The minimum atomic E-state index is -2.06. The van der Waals surface area contributed by atoms with Crippen LogP contribution >= 0.6 is 0 Å². The van der Waals surface area contributed by atoms with Crippen LogP contribution in [-0.2, 0) is 0 Å². The summed E-state index contributed by atoms with van der Waals surface area (Å²) in [5, 5.41) is 27.0. The lowest BCUT2D eigenvalue weighted by atomic mass is 9.79. The molecule has 6 heteroatoms. The van der Waals surface area contributed by atoms with Gasteiger partial charge in [0.25, 0.3) is 0 Å². The van der Waals surface area contributed by atoms with E-state index in [1.165, 1.54) is 0 Å². The number of hydrogen-bond donors (Lipinski definition) is 3. The highest BCUT2D eigenvalue weighted by molar-refractivity contribution is 6.58. The first-order valence-electron chi connectivity index (χ1n) is 5.01. The molecule has 0 saturated heterocycles. The van der Waals surface area contributed by atoms with Crippen LogP contribution in [0.5, 0.6) is 0 Å². The summed E-state index contributed by atoms with van der Waals surface area (Å²) in [5.74, 6) is -2.56. The van der Waals surface area contributed by atoms with Gasteiger partial charge in [-0.15, -0.1) is 0 Å². The van der Waals surface area contributed by atoms with E-state index < -0.39 is 30.3 Å². The van der Waals surface area contributed by atoms with Crippen LogP contribution in [-0.4, -0.2) is 22.3 Å². The lowest BCUT2D eigenvalue weighted by Gasteiger charge is -2.12. The summed E-state index contributed by atoms with van der Waals surface area (Å²) >= 11 is 0. The summed E-state index contributed by atoms with van der Waals surface area (Å²) in [6.45, 7) is 1.81. The molecule has 0 spiro atoms. The molecule has 0 saturated carbocycles. The zero-order valence-corrected chi connectivity index (χ0v) is 8.82. The quantitative estimate of drug-likeness (QED) is 0.659. The number of benzene rings is 1. The smallest absolute Gasteiger partial charge is 0.423 e. The van der Waals surface area contributed by atoms with Crippen molar-refractivity contribution in [3.8, 4) is 0 Å². The van der Waals surface area contributed by atoms with E-state index in [2.05, 4.69) is 0 Å². The maximum absolute atomic E-state index is 13.4. The molecule has 0 amide bonds. The SMILES string of the molecule is CCCC(O)c1ccc(B(O)O)c(F)c1F. The maximum atomic E-state index is 13.4. The Morgan fingerprint density at radius 2 is 1.88 bits per heavy atom. The zero-order valence-electron chi connectivity index (χ0n) is 8.82. The van der Waals surface area contributed by atoms with E-state index in [1.54, 1.807) is 0 Å². The fourth-order valence-corrected chi connectivity index (χ4v) is 1.47. The molecule has 0 radical (unpaired) electrons. The topological polar surface area (TPSA) is 60.7 Å². The van der Waals surface area contributed by atoms with Gasteiger partial charge in [0.05, 0.1) is 6.10 Å². The van der Waals surface area contributed by atoms with Gasteiger partial charge in [-0.1, -0.05) is 25.5 Å². The first-order valence-corrected chi connectivity index (χ1v) is 5.01. The molecule has 1 aromatic rings. The van der Waals surface area contributed by atoms with Crippen LogP contribution < -0.4 is 5.46 Å². The van der Waals surface area contributed by atoms with Crippen molar-refractivity contribution in [1.29, 1.82) is 0 Å². The number of halogens is 2. The third-order valence-corrected chi connectivity index (χ3v) is 2.34. The Kier molecular flexibility index (Phi) is 4.40. The van der Waals surface area contributed by atoms with E-state index in [4.69, 9.17) is 10.0 Å². The second-order valence-corrected chi connectivity index (χ2v) is 3.55. The van der Waals surface area contributed by atoms with E-state index in [-0.39, 0.29) is 5.56 Å². The second-order valence-electron chi connectivity index (χ2n) is 3.55. The molecule has 88 valence electrons. The van der Waals surface area contributed by atoms with Crippen LogP contribution in [0, 0.1) is 11.6 Å². The van der Waals surface area contributed by atoms with Crippen molar-refractivity contribution in [2.24, 2.45) is 0 Å². The summed E-state index contributed by atoms with van der Waals surface area (Å²) < 4.78 is 26.7. The molecule has 0 aliphatic heterocycles. The molecule has 0 aliphatic rings. The first-order chi connectivity index (χ1) is 7.49. The predicted molar refractivity (Wildman–Crippen MR) is 56.1 cm³/mol. The van der Waals surface area contributed by atoms with Crippen LogP contribution in [0.4, 0.5) is 8.78 Å². The Hall–Kier alpha value is -0.975. The summed E-state index contributed by atoms with van der Waals surface area (Å²) in [6.07, 6.45) is -0.131. The van der Waals surface area contributed by atoms with Crippen molar-refractivity contribution in [1.82, 2.24) is 0 Å². The highest BCUT2D eigenvalue weighted by Gasteiger charge is 2.23. The summed E-state index contributed by atoms with van der Waals surface area (Å²) in [4.78, 5) is 0. The van der Waals surface area contributed by atoms with E-state index >= 15 is 0 Å². The molecule has 1 rings (SSSR count). The molecule has 3 nitrogen and oxygen atoms in total. The van der Waals surface area contributed by atoms with Gasteiger partial charge in [-0.25, -0.2) is 8.78 Å². The van der Waals surface area contributed by atoms with E-state index in [0.717, 1.165) is 12.1 Å². The number of rotatable bonds is 4. The van der Waals surface area contributed by atoms with Gasteiger partial charge in [0.15, 0.2) is 11.6 Å². The van der Waals surface area contributed by atoms with Crippen LogP contribution in [0.1, 0.15) is 31.4 Å². The molecule has 3 N–H and O–H groups in total. The summed E-state index contributed by atoms with van der Waals surface area (Å²) in [5.41, 5.74) is -0.700. The van der Waals surface area contributed by atoms with Crippen molar-refractivity contribution in [2.45, 2.75) is 25.9 Å². The van der Waals surface area contributed by atoms with Gasteiger partial charge in [0.1, 0.15) is 0 Å². The lowest BCUT2D eigenvalue weighted by Crippen LogP contribution is -2.34. The largest absolute Gasteiger partial charge is 0.491 e. The molecule has 0 heterocycles. The fourth-order valence-electron chi connectivity index (χ4n) is 1.47. The second kappa shape index (κ2) is 5.38. The molecular weight excluding hydrogens is 217 g/mol. The summed E-state index contributed by atoms with van der Waals surface area (Å²) in [7, 11) is -2.06. The van der Waals surface area contributed by atoms with Crippen molar-refractivity contribution in [3.05, 3.63) is 29.3 Å². The van der Waals surface area contributed by atoms with Crippen molar-refractivity contribution in [3.63, 3.8) is 0 Å². The Labute approximate surface area is 92.5 Å². The van der Waals surface area contributed by atoms with Crippen molar-refractivity contribution >= 4 is 12.6 Å². The molecule has 0 fully saturated rings. The average molecular weight is 230 g/mol. The molecule has 0 aromatic heterocycles. The zero-order chi connectivity index (χ0) is 12.3. The summed E-state index contributed by atoms with van der Waals surface area (Å²) in [6, 6.07) is 2.21. The Morgan fingerprint density at radius 3 is 2.38 bits per heavy atom. The van der Waals surface area contributed by atoms with Gasteiger partial charge in [0.2, 0.25) is 0 Å². The van der Waals surface area contributed by atoms with Gasteiger partial charge in [0, 0.05) is 11.0 Å². The molecule has 1 aromatic carbocycles. The van der Waals surface area contributed by atoms with Crippen molar-refractivity contribution in [2.75, 3.05) is 0 Å². The van der Waals surface area contributed by atoms with Gasteiger partial charge < -0.3 is 15.2 Å². The third kappa shape index (κ3) is 2.58. The Morgan fingerprint density at radius 1 is 1.25 bits per heavy atom.